The molecule has 0 saturated heterocycles. The highest BCUT2D eigenvalue weighted by Gasteiger charge is 2.12. The summed E-state index contributed by atoms with van der Waals surface area (Å²) < 4.78 is 18.8. The molecule has 8 heteroatoms. The van der Waals surface area contributed by atoms with Gasteiger partial charge >= 0.3 is 0 Å². The van der Waals surface area contributed by atoms with Crippen LogP contribution in [0.1, 0.15) is 5.69 Å². The van der Waals surface area contributed by atoms with Gasteiger partial charge < -0.3 is 10.5 Å². The highest BCUT2D eigenvalue weighted by Crippen LogP contribution is 2.24. The van der Waals surface area contributed by atoms with E-state index in [2.05, 4.69) is 4.98 Å². The smallest absolute Gasteiger partial charge is 0.272 e. The number of hydrogen-bond acceptors (Lipinski definition) is 5. The second-order valence-electron chi connectivity index (χ2n) is 3.83. The maximum Gasteiger partial charge on any atom is 0.272 e. The van der Waals surface area contributed by atoms with Crippen molar-refractivity contribution in [2.24, 2.45) is 0 Å². The number of anilines is 1. The van der Waals surface area contributed by atoms with Gasteiger partial charge in [0.15, 0.2) is 11.6 Å². The van der Waals surface area contributed by atoms with E-state index in [9.17, 15) is 14.5 Å². The SMILES string of the molecule is Nc1ccc(Cl)c(COc2ccc([N+](=O)[O-])cc2F)n1. The summed E-state index contributed by atoms with van der Waals surface area (Å²) in [7, 11) is 0. The minimum atomic E-state index is -0.834. The maximum absolute atomic E-state index is 13.6. The van der Waals surface area contributed by atoms with Gasteiger partial charge in [-0.3, -0.25) is 10.1 Å². The Bertz CT molecular complexity index is 666. The van der Waals surface area contributed by atoms with Crippen molar-refractivity contribution in [3.05, 3.63) is 57.0 Å². The molecule has 0 unspecified atom stereocenters. The number of ether oxygens (including phenoxy) is 1. The molecule has 0 fully saturated rings. The van der Waals surface area contributed by atoms with Gasteiger partial charge in [-0.1, -0.05) is 11.6 Å². The topological polar surface area (TPSA) is 91.3 Å². The predicted molar refractivity (Wildman–Crippen MR) is 71.0 cm³/mol. The Morgan fingerprint density at radius 3 is 2.80 bits per heavy atom. The molecule has 0 amide bonds. The van der Waals surface area contributed by atoms with Crippen molar-refractivity contribution in [1.29, 1.82) is 0 Å². The molecule has 1 heterocycles. The van der Waals surface area contributed by atoms with Gasteiger partial charge in [-0.2, -0.15) is 0 Å². The van der Waals surface area contributed by atoms with Crippen LogP contribution in [0.2, 0.25) is 5.02 Å². The first-order valence-electron chi connectivity index (χ1n) is 5.45. The average molecular weight is 298 g/mol. The lowest BCUT2D eigenvalue weighted by Gasteiger charge is -2.08. The molecular formula is C12H9ClFN3O3. The molecule has 104 valence electrons. The van der Waals surface area contributed by atoms with Gasteiger partial charge in [0.25, 0.3) is 5.69 Å². The molecule has 2 rings (SSSR count). The largest absolute Gasteiger partial charge is 0.484 e. The van der Waals surface area contributed by atoms with Crippen LogP contribution in [0, 0.1) is 15.9 Å². The monoisotopic (exact) mass is 297 g/mol. The first-order valence-corrected chi connectivity index (χ1v) is 5.83. The molecule has 0 bridgehead atoms. The Hall–Kier alpha value is -2.41. The summed E-state index contributed by atoms with van der Waals surface area (Å²) in [6, 6.07) is 6.18. The van der Waals surface area contributed by atoms with Gasteiger partial charge in [-0.05, 0) is 18.2 Å². The Labute approximate surface area is 118 Å². The van der Waals surface area contributed by atoms with Crippen molar-refractivity contribution in [3.8, 4) is 5.75 Å². The molecule has 20 heavy (non-hydrogen) atoms. The Morgan fingerprint density at radius 1 is 1.40 bits per heavy atom. The van der Waals surface area contributed by atoms with E-state index >= 15 is 0 Å². The first kappa shape index (κ1) is 14.0. The van der Waals surface area contributed by atoms with Crippen LogP contribution in [-0.4, -0.2) is 9.91 Å². The fraction of sp³-hybridized carbons (Fsp3) is 0.0833. The van der Waals surface area contributed by atoms with Crippen molar-refractivity contribution in [1.82, 2.24) is 4.98 Å². The summed E-state index contributed by atoms with van der Waals surface area (Å²) in [6.07, 6.45) is 0. The fourth-order valence-corrected chi connectivity index (χ4v) is 1.63. The minimum Gasteiger partial charge on any atom is -0.484 e. The van der Waals surface area contributed by atoms with E-state index in [-0.39, 0.29) is 23.9 Å². The van der Waals surface area contributed by atoms with E-state index in [1.54, 1.807) is 6.07 Å². The number of nitro groups is 1. The lowest BCUT2D eigenvalue weighted by atomic mass is 10.3. The molecule has 0 spiro atoms. The summed E-state index contributed by atoms with van der Waals surface area (Å²) >= 11 is 5.89. The number of hydrogen-bond donors (Lipinski definition) is 1. The van der Waals surface area contributed by atoms with Gasteiger partial charge in [0, 0.05) is 6.07 Å². The molecule has 0 atom stereocenters. The second kappa shape index (κ2) is 5.70. The molecule has 1 aromatic heterocycles. The molecule has 6 nitrogen and oxygen atoms in total. The number of pyridine rings is 1. The molecule has 2 aromatic rings. The normalized spacial score (nSPS) is 10.3. The van der Waals surface area contributed by atoms with Crippen LogP contribution >= 0.6 is 11.6 Å². The zero-order valence-electron chi connectivity index (χ0n) is 10.0. The number of non-ortho nitro benzene ring substituents is 1. The third kappa shape index (κ3) is 3.12. The van der Waals surface area contributed by atoms with Gasteiger partial charge in [-0.25, -0.2) is 9.37 Å². The fourth-order valence-electron chi connectivity index (χ4n) is 1.47. The number of nitrogens with zero attached hydrogens (tertiary/aromatic N) is 2. The average Bonchev–Trinajstić information content (AvgIpc) is 2.40. The molecule has 0 aliphatic carbocycles. The van der Waals surface area contributed by atoms with E-state index in [1.807, 2.05) is 0 Å². The second-order valence-corrected chi connectivity index (χ2v) is 4.23. The van der Waals surface area contributed by atoms with Crippen LogP contribution in [0.15, 0.2) is 30.3 Å². The van der Waals surface area contributed by atoms with E-state index in [0.717, 1.165) is 12.1 Å². The Balaban J connectivity index is 2.15. The van der Waals surface area contributed by atoms with E-state index < -0.39 is 10.7 Å². The van der Waals surface area contributed by atoms with Crippen molar-refractivity contribution < 1.29 is 14.1 Å². The number of aromatic nitrogens is 1. The summed E-state index contributed by atoms with van der Waals surface area (Å²) in [5.41, 5.74) is 5.50. The third-order valence-corrected chi connectivity index (χ3v) is 2.77. The van der Waals surface area contributed by atoms with Gasteiger partial charge in [-0.15, -0.1) is 0 Å². The van der Waals surface area contributed by atoms with Gasteiger partial charge in [0.05, 0.1) is 21.7 Å². The predicted octanol–water partition coefficient (Wildman–Crippen LogP) is 2.94. The zero-order chi connectivity index (χ0) is 14.7. The van der Waals surface area contributed by atoms with Crippen LogP contribution in [-0.2, 0) is 6.61 Å². The van der Waals surface area contributed by atoms with Gasteiger partial charge in [0.2, 0.25) is 0 Å². The number of nitro benzene ring substituents is 1. The number of halogens is 2. The van der Waals surface area contributed by atoms with Crippen molar-refractivity contribution in [2.75, 3.05) is 5.73 Å². The number of nitrogen functional groups attached to an aromatic ring is 1. The van der Waals surface area contributed by atoms with E-state index in [1.165, 1.54) is 12.1 Å². The number of rotatable bonds is 4. The highest BCUT2D eigenvalue weighted by molar-refractivity contribution is 6.31. The molecular weight excluding hydrogens is 289 g/mol. The zero-order valence-corrected chi connectivity index (χ0v) is 10.8. The van der Waals surface area contributed by atoms with Crippen LogP contribution < -0.4 is 10.5 Å². The minimum absolute atomic E-state index is 0.0986. The molecule has 0 radical (unpaired) electrons. The maximum atomic E-state index is 13.6. The quantitative estimate of drug-likeness (QED) is 0.692. The van der Waals surface area contributed by atoms with Crippen molar-refractivity contribution in [2.45, 2.75) is 6.61 Å². The summed E-state index contributed by atoms with van der Waals surface area (Å²) in [6.45, 7) is -0.0986. The molecule has 2 N–H and O–H groups in total. The highest BCUT2D eigenvalue weighted by atomic mass is 35.5. The molecule has 1 aromatic carbocycles. The lowest BCUT2D eigenvalue weighted by Crippen LogP contribution is -2.03. The van der Waals surface area contributed by atoms with Crippen molar-refractivity contribution >= 4 is 23.1 Å². The standard InChI is InChI=1S/C12H9ClFN3O3/c13-8-2-4-12(15)16-10(8)6-20-11-3-1-7(17(18)19)5-9(11)14/h1-5H,6H2,(H2,15,16). The summed E-state index contributed by atoms with van der Waals surface area (Å²) in [4.78, 5) is 13.7. The molecule has 0 aliphatic rings. The van der Waals surface area contributed by atoms with Crippen LogP contribution in [0.3, 0.4) is 0 Å². The Kier molecular flexibility index (Phi) is 3.99. The third-order valence-electron chi connectivity index (χ3n) is 2.43. The molecule has 0 aliphatic heterocycles. The van der Waals surface area contributed by atoms with Crippen LogP contribution in [0.4, 0.5) is 15.9 Å². The van der Waals surface area contributed by atoms with Gasteiger partial charge in [0.1, 0.15) is 12.4 Å². The van der Waals surface area contributed by atoms with E-state index in [0.29, 0.717) is 10.7 Å². The first-order chi connectivity index (χ1) is 9.47. The van der Waals surface area contributed by atoms with E-state index in [4.69, 9.17) is 22.1 Å². The Morgan fingerprint density at radius 2 is 2.15 bits per heavy atom. The summed E-state index contributed by atoms with van der Waals surface area (Å²) in [5.74, 6) is -0.702. The van der Waals surface area contributed by atoms with Crippen LogP contribution in [0.5, 0.6) is 5.75 Å². The van der Waals surface area contributed by atoms with Crippen molar-refractivity contribution in [3.63, 3.8) is 0 Å². The number of benzene rings is 1. The number of nitrogens with two attached hydrogens (primary N) is 1. The lowest BCUT2D eigenvalue weighted by molar-refractivity contribution is -0.385. The van der Waals surface area contributed by atoms with Crippen LogP contribution in [0.25, 0.3) is 0 Å². The molecule has 0 saturated carbocycles. The summed E-state index contributed by atoms with van der Waals surface area (Å²) in [5, 5.41) is 10.8.